The van der Waals surface area contributed by atoms with E-state index in [2.05, 4.69) is 32.1 Å². The van der Waals surface area contributed by atoms with Crippen molar-refractivity contribution in [2.45, 2.75) is 18.1 Å². The van der Waals surface area contributed by atoms with Gasteiger partial charge in [-0.15, -0.1) is 11.7 Å². The molecule has 2 heterocycles. The van der Waals surface area contributed by atoms with Crippen molar-refractivity contribution in [3.05, 3.63) is 36.9 Å². The van der Waals surface area contributed by atoms with Crippen molar-refractivity contribution in [1.82, 2.24) is 30.2 Å². The molecule has 2 aromatic rings. The fourth-order valence-corrected chi connectivity index (χ4v) is 2.09. The Morgan fingerprint density at radius 1 is 1.41 bits per heavy atom. The van der Waals surface area contributed by atoms with E-state index in [1.54, 1.807) is 41.1 Å². The summed E-state index contributed by atoms with van der Waals surface area (Å²) in [6, 6.07) is 0. The van der Waals surface area contributed by atoms with Gasteiger partial charge in [0.1, 0.15) is 0 Å². The first-order valence-electron chi connectivity index (χ1n) is 5.15. The van der Waals surface area contributed by atoms with Gasteiger partial charge in [0.25, 0.3) is 0 Å². The Kier molecular flexibility index (Phi) is 4.20. The van der Waals surface area contributed by atoms with Crippen molar-refractivity contribution in [2.75, 3.05) is 5.75 Å². The maximum absolute atomic E-state index is 4.21. The van der Waals surface area contributed by atoms with Gasteiger partial charge >= 0.3 is 0 Å². The third-order valence-corrected chi connectivity index (χ3v) is 2.97. The molecule has 0 aliphatic heterocycles. The normalized spacial score (nSPS) is 10.4. The molecule has 0 saturated heterocycles. The Morgan fingerprint density at radius 3 is 3.12 bits per heavy atom. The highest BCUT2D eigenvalue weighted by atomic mass is 32.2. The molecule has 0 fully saturated rings. The van der Waals surface area contributed by atoms with Crippen LogP contribution in [0.2, 0.25) is 0 Å². The fourth-order valence-electron chi connectivity index (χ4n) is 1.24. The number of hydrogen-bond donors (Lipinski definition) is 0. The molecule has 0 aliphatic rings. The number of hydrogen-bond acceptors (Lipinski definition) is 6. The lowest BCUT2D eigenvalue weighted by Crippen LogP contribution is -2.01. The van der Waals surface area contributed by atoms with Crippen molar-refractivity contribution in [2.24, 2.45) is 0 Å². The lowest BCUT2D eigenvalue weighted by molar-refractivity contribution is 0.614. The molecular formula is C10H12N6S. The largest absolute Gasteiger partial charge is 0.261 e. The van der Waals surface area contributed by atoms with Crippen LogP contribution in [0.4, 0.5) is 0 Å². The number of rotatable bonds is 6. The van der Waals surface area contributed by atoms with Crippen LogP contribution in [0.25, 0.3) is 0 Å². The Hall–Kier alpha value is -1.76. The van der Waals surface area contributed by atoms with E-state index in [4.69, 9.17) is 0 Å². The van der Waals surface area contributed by atoms with Crippen LogP contribution < -0.4 is 0 Å². The highest BCUT2D eigenvalue weighted by Gasteiger charge is 2.05. The first-order chi connectivity index (χ1) is 8.40. The van der Waals surface area contributed by atoms with Gasteiger partial charge in [-0.1, -0.05) is 17.8 Å². The maximum atomic E-state index is 4.21. The zero-order valence-electron chi connectivity index (χ0n) is 9.23. The molecule has 2 aromatic heterocycles. The molecule has 0 aliphatic carbocycles. The molecule has 0 atom stereocenters. The molecule has 0 aromatic carbocycles. The monoisotopic (exact) mass is 248 g/mol. The summed E-state index contributed by atoms with van der Waals surface area (Å²) in [5, 5.41) is 12.2. The van der Waals surface area contributed by atoms with E-state index < -0.39 is 0 Å². The molecule has 7 heteroatoms. The zero-order valence-corrected chi connectivity index (χ0v) is 10.0. The van der Waals surface area contributed by atoms with Crippen LogP contribution >= 0.6 is 11.8 Å². The molecule has 2 rings (SSSR count). The van der Waals surface area contributed by atoms with Crippen LogP contribution in [0.5, 0.6) is 0 Å². The highest BCUT2D eigenvalue weighted by molar-refractivity contribution is 7.99. The number of tetrazole rings is 1. The highest BCUT2D eigenvalue weighted by Crippen LogP contribution is 2.14. The maximum Gasteiger partial charge on any atom is 0.209 e. The SMILES string of the molecule is C=CCn1nnnc1SCCc1cnccn1. The second-order valence-corrected chi connectivity index (χ2v) is 4.29. The first kappa shape index (κ1) is 11.7. The Bertz CT molecular complexity index is 469. The lowest BCUT2D eigenvalue weighted by Gasteiger charge is -2.00. The van der Waals surface area contributed by atoms with Gasteiger partial charge in [0, 0.05) is 30.8 Å². The summed E-state index contributed by atoms with van der Waals surface area (Å²) in [6.45, 7) is 4.29. The van der Waals surface area contributed by atoms with Gasteiger partial charge in [0.05, 0.1) is 12.2 Å². The van der Waals surface area contributed by atoms with Crippen molar-refractivity contribution in [3.8, 4) is 0 Å². The van der Waals surface area contributed by atoms with E-state index in [9.17, 15) is 0 Å². The second kappa shape index (κ2) is 6.09. The summed E-state index contributed by atoms with van der Waals surface area (Å²) in [7, 11) is 0. The van der Waals surface area contributed by atoms with Crippen molar-refractivity contribution in [1.29, 1.82) is 0 Å². The molecule has 88 valence electrons. The van der Waals surface area contributed by atoms with Crippen molar-refractivity contribution >= 4 is 11.8 Å². The Morgan fingerprint density at radius 2 is 2.35 bits per heavy atom. The predicted molar refractivity (Wildman–Crippen MR) is 64.5 cm³/mol. The number of aromatic nitrogens is 6. The van der Waals surface area contributed by atoms with E-state index in [-0.39, 0.29) is 0 Å². The van der Waals surface area contributed by atoms with E-state index in [1.165, 1.54) is 0 Å². The van der Waals surface area contributed by atoms with Gasteiger partial charge in [0.15, 0.2) is 0 Å². The molecular weight excluding hydrogens is 236 g/mol. The topological polar surface area (TPSA) is 69.4 Å². The van der Waals surface area contributed by atoms with Crippen molar-refractivity contribution in [3.63, 3.8) is 0 Å². The minimum absolute atomic E-state index is 0.625. The minimum Gasteiger partial charge on any atom is -0.261 e. The van der Waals surface area contributed by atoms with Gasteiger partial charge in [-0.2, -0.15) is 0 Å². The van der Waals surface area contributed by atoms with Gasteiger partial charge in [0.2, 0.25) is 5.16 Å². The summed E-state index contributed by atoms with van der Waals surface area (Å²) in [4.78, 5) is 8.22. The lowest BCUT2D eigenvalue weighted by atomic mass is 10.4. The summed E-state index contributed by atoms with van der Waals surface area (Å²) >= 11 is 1.60. The summed E-state index contributed by atoms with van der Waals surface area (Å²) in [5.74, 6) is 0.871. The van der Waals surface area contributed by atoms with E-state index in [0.717, 1.165) is 23.0 Å². The number of thioether (sulfide) groups is 1. The van der Waals surface area contributed by atoms with Crippen molar-refractivity contribution < 1.29 is 0 Å². The number of allylic oxidation sites excluding steroid dienone is 1. The first-order valence-corrected chi connectivity index (χ1v) is 6.13. The molecule has 0 radical (unpaired) electrons. The molecule has 0 amide bonds. The van der Waals surface area contributed by atoms with Crippen LogP contribution in [0, 0.1) is 0 Å². The minimum atomic E-state index is 0.625. The summed E-state index contributed by atoms with van der Waals surface area (Å²) < 4.78 is 1.72. The third-order valence-electron chi connectivity index (χ3n) is 2.01. The van der Waals surface area contributed by atoms with Gasteiger partial charge in [-0.25, -0.2) is 4.68 Å². The quantitative estimate of drug-likeness (QED) is 0.561. The molecule has 0 unspecified atom stereocenters. The Labute approximate surface area is 103 Å². The standard InChI is InChI=1S/C10H12N6S/c1-2-6-16-10(13-14-15-16)17-7-3-9-8-11-4-5-12-9/h2,4-5,8H,1,3,6-7H2. The average Bonchev–Trinajstić information content (AvgIpc) is 2.79. The average molecular weight is 248 g/mol. The van der Waals surface area contributed by atoms with E-state index >= 15 is 0 Å². The van der Waals surface area contributed by atoms with Crippen LogP contribution in [-0.4, -0.2) is 35.9 Å². The van der Waals surface area contributed by atoms with Crippen LogP contribution in [0.3, 0.4) is 0 Å². The van der Waals surface area contributed by atoms with Crippen LogP contribution in [0.15, 0.2) is 36.4 Å². The molecule has 0 spiro atoms. The number of aryl methyl sites for hydroxylation is 1. The van der Waals surface area contributed by atoms with Gasteiger partial charge in [-0.3, -0.25) is 9.97 Å². The predicted octanol–water partition coefficient (Wildman–Crippen LogP) is 0.984. The van der Waals surface area contributed by atoms with Gasteiger partial charge in [-0.05, 0) is 10.4 Å². The second-order valence-electron chi connectivity index (χ2n) is 3.23. The molecule has 17 heavy (non-hydrogen) atoms. The molecule has 0 saturated carbocycles. The fraction of sp³-hybridized carbons (Fsp3) is 0.300. The number of nitrogens with zero attached hydrogens (tertiary/aromatic N) is 6. The van der Waals surface area contributed by atoms with Crippen LogP contribution in [-0.2, 0) is 13.0 Å². The van der Waals surface area contributed by atoms with Crippen LogP contribution in [0.1, 0.15) is 5.69 Å². The Balaban J connectivity index is 1.86. The van der Waals surface area contributed by atoms with E-state index in [0.29, 0.717) is 6.54 Å². The third kappa shape index (κ3) is 3.35. The molecule has 6 nitrogen and oxygen atoms in total. The van der Waals surface area contributed by atoms with E-state index in [1.807, 2.05) is 0 Å². The summed E-state index contributed by atoms with van der Waals surface area (Å²) in [5.41, 5.74) is 0.975. The smallest absolute Gasteiger partial charge is 0.209 e. The molecule has 0 bridgehead atoms. The molecule has 0 N–H and O–H groups in total. The zero-order chi connectivity index (χ0) is 11.9. The summed E-state index contributed by atoms with van der Waals surface area (Å²) in [6.07, 6.45) is 7.75. The van der Waals surface area contributed by atoms with Gasteiger partial charge < -0.3 is 0 Å².